The molecular formula is C76H109N17O7. The molecule has 2 aliphatic heterocycles. The number of aromatic nitrogens is 14. The summed E-state index contributed by atoms with van der Waals surface area (Å²) in [6, 6.07) is 11.7. The maximum absolute atomic E-state index is 10.4. The van der Waals surface area contributed by atoms with Crippen LogP contribution in [0.2, 0.25) is 0 Å². The largest absolute Gasteiger partial charge is 0.393 e. The number of fused-ring (bicyclic) bond motifs is 3. The summed E-state index contributed by atoms with van der Waals surface area (Å²) in [6.07, 6.45) is 28.6. The highest BCUT2D eigenvalue weighted by atomic mass is 16.5. The van der Waals surface area contributed by atoms with Crippen molar-refractivity contribution < 1.29 is 33.9 Å². The molecule has 0 amide bonds. The van der Waals surface area contributed by atoms with E-state index in [1.165, 1.54) is 62.8 Å². The number of rotatable bonds is 23. The first-order chi connectivity index (χ1) is 48.0. The molecule has 2 saturated heterocycles. The van der Waals surface area contributed by atoms with Crippen LogP contribution in [0.15, 0.2) is 79.9 Å². The van der Waals surface area contributed by atoms with Crippen molar-refractivity contribution in [3.05, 3.63) is 103 Å². The lowest BCUT2D eigenvalue weighted by molar-refractivity contribution is -0.0286. The summed E-state index contributed by atoms with van der Waals surface area (Å²) < 4.78 is 36.8. The molecule has 3 atom stereocenters. The molecule has 0 unspecified atom stereocenters. The van der Waals surface area contributed by atoms with E-state index in [9.17, 15) is 10.2 Å². The highest BCUT2D eigenvalue weighted by molar-refractivity contribution is 5.83. The first-order valence-corrected chi connectivity index (χ1v) is 36.6. The molecule has 0 radical (unpaired) electrons. The van der Waals surface area contributed by atoms with E-state index in [0.717, 1.165) is 108 Å². The number of hydrogen-bond acceptors (Lipinski definition) is 19. The average molecular weight is 1370 g/mol. The second kappa shape index (κ2) is 31.0. The lowest BCUT2D eigenvalue weighted by atomic mass is 9.65. The molecule has 540 valence electrons. The van der Waals surface area contributed by atoms with Crippen LogP contribution in [0.3, 0.4) is 0 Å². The normalized spacial score (nSPS) is 23.2. The predicted molar refractivity (Wildman–Crippen MR) is 390 cm³/mol. The van der Waals surface area contributed by atoms with Crippen LogP contribution in [-0.2, 0) is 29.3 Å². The molecule has 5 N–H and O–H groups in total. The van der Waals surface area contributed by atoms with E-state index < -0.39 is 5.60 Å². The minimum atomic E-state index is -1.03. The zero-order valence-corrected chi connectivity index (χ0v) is 61.5. The van der Waals surface area contributed by atoms with Crippen molar-refractivity contribution >= 4 is 34.4 Å². The number of hydrogen-bond donors (Lipinski definition) is 5. The van der Waals surface area contributed by atoms with Crippen molar-refractivity contribution in [2.24, 2.45) is 22.7 Å². The van der Waals surface area contributed by atoms with E-state index in [-0.39, 0.29) is 24.2 Å². The Kier molecular flexibility index (Phi) is 22.4. The first-order valence-electron chi connectivity index (χ1n) is 36.6. The number of anilines is 3. The molecule has 100 heavy (non-hydrogen) atoms. The molecule has 9 aromatic rings. The molecule has 0 spiro atoms. The van der Waals surface area contributed by atoms with Gasteiger partial charge in [-0.1, -0.05) is 41.5 Å². The van der Waals surface area contributed by atoms with Gasteiger partial charge in [0, 0.05) is 121 Å². The number of nitrogens with zero attached hydrogens (tertiary/aromatic N) is 14. The molecule has 14 rings (SSSR count). The maximum atomic E-state index is 10.4. The fourth-order valence-electron chi connectivity index (χ4n) is 15.1. The summed E-state index contributed by atoms with van der Waals surface area (Å²) in [5.74, 6) is 4.51. The number of aliphatic hydroxyl groups excluding tert-OH is 1. The van der Waals surface area contributed by atoms with Gasteiger partial charge in [-0.05, 0) is 170 Å². The van der Waals surface area contributed by atoms with Crippen molar-refractivity contribution in [1.82, 2.24) is 68.3 Å². The summed E-state index contributed by atoms with van der Waals surface area (Å²) in [5.41, 5.74) is 13.6. The highest BCUT2D eigenvalue weighted by Gasteiger charge is 2.38. The monoisotopic (exact) mass is 1370 g/mol. The van der Waals surface area contributed by atoms with E-state index in [1.54, 1.807) is 41.4 Å². The zero-order chi connectivity index (χ0) is 70.6. The Bertz CT molecular complexity index is 3970. The third-order valence-electron chi connectivity index (χ3n) is 22.5. The van der Waals surface area contributed by atoms with Crippen LogP contribution >= 0.6 is 0 Å². The van der Waals surface area contributed by atoms with Crippen molar-refractivity contribution in [1.29, 1.82) is 0 Å². The van der Waals surface area contributed by atoms with Crippen LogP contribution in [0.25, 0.3) is 49.9 Å². The van der Waals surface area contributed by atoms with Gasteiger partial charge in [-0.2, -0.15) is 10.2 Å². The average Bonchev–Trinajstić information content (AvgIpc) is 1.61. The van der Waals surface area contributed by atoms with Gasteiger partial charge in [0.2, 0.25) is 17.8 Å². The second-order valence-corrected chi connectivity index (χ2v) is 31.0. The topological polar surface area (TPSA) is 262 Å². The lowest BCUT2D eigenvalue weighted by Crippen LogP contribution is -2.30. The van der Waals surface area contributed by atoms with Crippen molar-refractivity contribution in [2.45, 2.75) is 213 Å². The molecule has 9 aromatic heterocycles. The Balaban J connectivity index is 0.000000142. The standard InChI is InChI=1S/2C26H38N6O2.C24H33N5O3/c2*1-17(2)26(4)8-6-19(7-9-26)23-10-22(20-11-28-31(13-20)21-15-34-16-21)24-12-27-25(30-32(23)24)29-18(3)14-33-5;1-15(14-32-4)27-23-26-13-21-19(17-9-10-25-22(11-17)24(2,3)31)12-20(29(21)28-23)16-5-7-18(30)8-6-16/h2*10-13,17-19,21H,6-9,14-16H2,1-5H3,(H,29,30);9-13,15-16,18,30-31H,5-8,14H2,1-4H3,(H,27,28)/t2*18-,19?,26?;15-,16?,18?/m000/s1. The predicted octanol–water partition coefficient (Wildman–Crippen LogP) is 13.3. The summed E-state index contributed by atoms with van der Waals surface area (Å²) in [4.78, 5) is 18.2. The van der Waals surface area contributed by atoms with Crippen LogP contribution in [0.1, 0.15) is 206 Å². The third kappa shape index (κ3) is 16.1. The number of aliphatic hydroxyl groups is 2. The summed E-state index contributed by atoms with van der Waals surface area (Å²) in [6.45, 7) is 28.7. The van der Waals surface area contributed by atoms with Crippen LogP contribution in [0.5, 0.6) is 0 Å². The summed E-state index contributed by atoms with van der Waals surface area (Å²) in [7, 11) is 5.09. The molecule has 11 heterocycles. The minimum absolute atomic E-state index is 0.0790. The van der Waals surface area contributed by atoms with Crippen molar-refractivity contribution in [3.8, 4) is 33.4 Å². The van der Waals surface area contributed by atoms with Crippen LogP contribution in [0.4, 0.5) is 17.8 Å². The maximum Gasteiger partial charge on any atom is 0.241 e. The SMILES string of the molecule is COC[C@H](C)Nc1ncc2c(-c3ccnc(C(C)(C)O)c3)cc(C3CCC(O)CC3)n2n1.COC[C@H](C)Nc1ncc2c(-c3cnn(C4COC4)c3)cc(C3CCC(C)(C(C)C)CC3)n2n1.COC[C@H](C)Nc1ncc2c(-c3cnn(C4COC4)c3)cc(C3CCC(C)(C(C)C)CC3)n2n1. The molecule has 3 aliphatic carbocycles. The summed E-state index contributed by atoms with van der Waals surface area (Å²) in [5, 5.41) is 54.4. The van der Waals surface area contributed by atoms with Gasteiger partial charge in [0.1, 0.15) is 5.60 Å². The number of pyridine rings is 1. The highest BCUT2D eigenvalue weighted by Crippen LogP contribution is 2.50. The second-order valence-electron chi connectivity index (χ2n) is 31.0. The number of methoxy groups -OCH3 is 3. The zero-order valence-electron chi connectivity index (χ0n) is 61.5. The minimum Gasteiger partial charge on any atom is -0.393 e. The van der Waals surface area contributed by atoms with E-state index in [1.807, 2.05) is 63.9 Å². The van der Waals surface area contributed by atoms with Crippen LogP contribution in [-0.4, -0.2) is 170 Å². The Morgan fingerprint density at radius 2 is 0.870 bits per heavy atom. The number of nitrogens with one attached hydrogen (secondary N) is 3. The molecule has 0 bridgehead atoms. The first kappa shape index (κ1) is 72.3. The summed E-state index contributed by atoms with van der Waals surface area (Å²) >= 11 is 0. The Morgan fingerprint density at radius 3 is 1.20 bits per heavy atom. The van der Waals surface area contributed by atoms with Gasteiger partial charge in [0.05, 0.1) is 118 Å². The molecule has 24 heteroatoms. The van der Waals surface area contributed by atoms with Gasteiger partial charge in [-0.15, -0.1) is 15.3 Å². The Morgan fingerprint density at radius 1 is 0.510 bits per heavy atom. The quantitative estimate of drug-likeness (QED) is 0.0398. The van der Waals surface area contributed by atoms with Gasteiger partial charge >= 0.3 is 0 Å². The van der Waals surface area contributed by atoms with Gasteiger partial charge < -0.3 is 49.8 Å². The van der Waals surface area contributed by atoms with E-state index in [4.69, 9.17) is 39.0 Å². The van der Waals surface area contributed by atoms with Gasteiger partial charge in [-0.25, -0.2) is 28.5 Å². The van der Waals surface area contributed by atoms with Crippen molar-refractivity contribution in [3.63, 3.8) is 0 Å². The Hall–Kier alpha value is -7.45. The van der Waals surface area contributed by atoms with Gasteiger partial charge in [-0.3, -0.25) is 14.3 Å². The molecule has 5 aliphatic rings. The molecular weight excluding hydrogens is 1260 g/mol. The van der Waals surface area contributed by atoms with Gasteiger partial charge in [0.25, 0.3) is 0 Å². The van der Waals surface area contributed by atoms with E-state index in [2.05, 4.69) is 141 Å². The smallest absolute Gasteiger partial charge is 0.241 e. The fraction of sp³-hybridized carbons (Fsp3) is 0.618. The van der Waals surface area contributed by atoms with Crippen LogP contribution in [0, 0.1) is 22.7 Å². The lowest BCUT2D eigenvalue weighted by Gasteiger charge is -2.40. The molecule has 24 nitrogen and oxygen atoms in total. The Labute approximate surface area is 589 Å². The van der Waals surface area contributed by atoms with Gasteiger partial charge in [0.15, 0.2) is 0 Å². The van der Waals surface area contributed by atoms with Crippen LogP contribution < -0.4 is 16.0 Å². The number of ether oxygens (including phenoxy) is 5. The molecule has 3 saturated carbocycles. The molecule has 0 aromatic carbocycles. The molecule has 5 fully saturated rings. The third-order valence-corrected chi connectivity index (χ3v) is 22.5. The van der Waals surface area contributed by atoms with Crippen molar-refractivity contribution in [2.75, 3.05) is 83.5 Å². The fourth-order valence-corrected chi connectivity index (χ4v) is 15.1. The van der Waals surface area contributed by atoms with E-state index in [0.29, 0.717) is 95.9 Å². The van der Waals surface area contributed by atoms with E-state index >= 15 is 0 Å².